The summed E-state index contributed by atoms with van der Waals surface area (Å²) in [5.41, 5.74) is 1.79. The van der Waals surface area contributed by atoms with Gasteiger partial charge in [-0.2, -0.15) is 13.2 Å². The first-order valence-corrected chi connectivity index (χ1v) is 13.0. The van der Waals surface area contributed by atoms with Crippen LogP contribution in [0.15, 0.2) is 47.1 Å². The molecule has 1 aliphatic heterocycles. The van der Waals surface area contributed by atoms with Gasteiger partial charge >= 0.3 is 12.1 Å². The molecule has 0 radical (unpaired) electrons. The Morgan fingerprint density at radius 2 is 2.00 bits per heavy atom. The van der Waals surface area contributed by atoms with Gasteiger partial charge in [-0.3, -0.25) is 4.79 Å². The highest BCUT2D eigenvalue weighted by molar-refractivity contribution is 7.98. The van der Waals surface area contributed by atoms with E-state index in [0.29, 0.717) is 28.5 Å². The first-order valence-electron chi connectivity index (χ1n) is 11.2. The lowest BCUT2D eigenvalue weighted by atomic mass is 10.1. The van der Waals surface area contributed by atoms with E-state index in [2.05, 4.69) is 4.98 Å². The molecule has 1 aromatic heterocycles. The molecule has 0 spiro atoms. The number of carbonyl (C=O) groups is 1. The third kappa shape index (κ3) is 5.92. The number of ether oxygens (including phenoxy) is 1. The number of benzene rings is 2. The summed E-state index contributed by atoms with van der Waals surface area (Å²) < 4.78 is 58.8. The van der Waals surface area contributed by atoms with Crippen molar-refractivity contribution in [3.8, 4) is 16.3 Å². The molecule has 0 saturated carbocycles. The number of carboxylic acids is 1. The van der Waals surface area contributed by atoms with E-state index in [9.17, 15) is 22.4 Å². The fraction of sp³-hybridized carbons (Fsp3) is 0.308. The van der Waals surface area contributed by atoms with E-state index in [-0.39, 0.29) is 6.42 Å². The summed E-state index contributed by atoms with van der Waals surface area (Å²) in [4.78, 5) is 17.4. The zero-order valence-electron chi connectivity index (χ0n) is 19.5. The third-order valence-corrected chi connectivity index (χ3v) is 8.29. The van der Waals surface area contributed by atoms with Crippen molar-refractivity contribution in [2.45, 2.75) is 56.4 Å². The normalized spacial score (nSPS) is 13.6. The van der Waals surface area contributed by atoms with Crippen molar-refractivity contribution in [1.29, 1.82) is 0 Å². The Morgan fingerprint density at radius 1 is 1.22 bits per heavy atom. The first-order chi connectivity index (χ1) is 17.0. The molecule has 0 amide bonds. The lowest BCUT2D eigenvalue weighted by molar-refractivity contribution is -0.140. The largest absolute Gasteiger partial charge is 0.481 e. The van der Waals surface area contributed by atoms with E-state index in [0.717, 1.165) is 57.3 Å². The van der Waals surface area contributed by atoms with Crippen LogP contribution >= 0.6 is 23.1 Å². The second-order valence-electron chi connectivity index (χ2n) is 8.40. The summed E-state index contributed by atoms with van der Waals surface area (Å²) in [6.07, 6.45) is -0.968. The number of halogens is 4. The highest BCUT2D eigenvalue weighted by Gasteiger charge is 2.34. The molecule has 2 heterocycles. The smallest absolute Gasteiger partial charge is 0.419 e. The van der Waals surface area contributed by atoms with Crippen molar-refractivity contribution < 1.29 is 32.2 Å². The summed E-state index contributed by atoms with van der Waals surface area (Å²) in [5, 5.41) is 9.45. The first kappa shape index (κ1) is 26.2. The summed E-state index contributed by atoms with van der Waals surface area (Å²) >= 11 is 2.94. The zero-order valence-corrected chi connectivity index (χ0v) is 21.2. The van der Waals surface area contributed by atoms with Crippen LogP contribution in [0, 0.1) is 19.7 Å². The van der Waals surface area contributed by atoms with E-state index in [4.69, 9.17) is 9.84 Å². The molecule has 4 rings (SSSR count). The molecule has 0 unspecified atom stereocenters. The number of fused-ring (bicyclic) bond motifs is 1. The number of nitrogens with zero attached hydrogens (tertiary/aromatic N) is 1. The summed E-state index contributed by atoms with van der Waals surface area (Å²) in [6, 6.07) is 6.87. The van der Waals surface area contributed by atoms with Gasteiger partial charge in [0, 0.05) is 33.1 Å². The molecule has 4 nitrogen and oxygen atoms in total. The number of rotatable bonds is 7. The van der Waals surface area contributed by atoms with E-state index in [1.165, 1.54) is 17.4 Å². The van der Waals surface area contributed by atoms with Gasteiger partial charge in [0.25, 0.3) is 0 Å². The molecule has 0 saturated heterocycles. The van der Waals surface area contributed by atoms with E-state index in [1.807, 2.05) is 32.1 Å². The Balaban J connectivity index is 1.52. The highest BCUT2D eigenvalue weighted by Crippen LogP contribution is 2.40. The van der Waals surface area contributed by atoms with Crippen LogP contribution in [0.5, 0.6) is 5.75 Å². The molecule has 1 N–H and O–H groups in total. The van der Waals surface area contributed by atoms with Crippen molar-refractivity contribution in [2.75, 3.05) is 0 Å². The van der Waals surface area contributed by atoms with Crippen LogP contribution in [0.3, 0.4) is 0 Å². The predicted molar refractivity (Wildman–Crippen MR) is 132 cm³/mol. The van der Waals surface area contributed by atoms with Crippen LogP contribution in [-0.4, -0.2) is 16.1 Å². The van der Waals surface area contributed by atoms with Crippen LogP contribution in [0.1, 0.15) is 46.5 Å². The molecule has 10 heteroatoms. The molecule has 3 aromatic rings. The average Bonchev–Trinajstić information content (AvgIpc) is 3.03. The second-order valence-corrected chi connectivity index (χ2v) is 10.5. The fourth-order valence-electron chi connectivity index (χ4n) is 3.88. The maximum absolute atomic E-state index is 14.1. The molecule has 1 aliphatic rings. The lowest BCUT2D eigenvalue weighted by Gasteiger charge is -2.16. The quantitative estimate of drug-likeness (QED) is 0.245. The standard InChI is InChI=1S/C26H23F4NO3S2/c1-14-6-10-21(18-5-3-4-17(34-24(14)18)8-11-23(32)33)35-13-22-15(2)31-25(36-22)16-7-9-19(20(27)12-16)26(28,29)30/h4,6-7,9-10,12H,3,5,8,11,13H2,1-2H3,(H,32,33). The number of aryl methyl sites for hydroxylation is 2. The molecule has 36 heavy (non-hydrogen) atoms. The number of thioether (sulfide) groups is 1. The fourth-order valence-corrected chi connectivity index (χ4v) is 6.18. The number of thiazole rings is 1. The molecule has 2 aromatic carbocycles. The van der Waals surface area contributed by atoms with Crippen LogP contribution in [0.2, 0.25) is 0 Å². The monoisotopic (exact) mass is 537 g/mol. The van der Waals surface area contributed by atoms with Crippen molar-refractivity contribution in [1.82, 2.24) is 4.98 Å². The van der Waals surface area contributed by atoms with Gasteiger partial charge < -0.3 is 9.84 Å². The Hall–Kier alpha value is -2.85. The Morgan fingerprint density at radius 3 is 2.69 bits per heavy atom. The van der Waals surface area contributed by atoms with E-state index >= 15 is 0 Å². The van der Waals surface area contributed by atoms with Gasteiger partial charge in [0.15, 0.2) is 0 Å². The topological polar surface area (TPSA) is 59.4 Å². The molecule has 0 atom stereocenters. The Kier molecular flexibility index (Phi) is 7.75. The van der Waals surface area contributed by atoms with Gasteiger partial charge in [0.05, 0.1) is 17.7 Å². The molecular weight excluding hydrogens is 514 g/mol. The summed E-state index contributed by atoms with van der Waals surface area (Å²) in [5.74, 6) is -0.184. The van der Waals surface area contributed by atoms with Crippen molar-refractivity contribution in [3.63, 3.8) is 0 Å². The maximum Gasteiger partial charge on any atom is 0.419 e. The number of hydrogen-bond acceptors (Lipinski definition) is 5. The van der Waals surface area contributed by atoms with Gasteiger partial charge in [-0.25, -0.2) is 9.37 Å². The van der Waals surface area contributed by atoms with E-state index < -0.39 is 23.5 Å². The summed E-state index contributed by atoms with van der Waals surface area (Å²) in [7, 11) is 0. The number of aliphatic carboxylic acids is 1. The van der Waals surface area contributed by atoms with Gasteiger partial charge in [-0.1, -0.05) is 12.1 Å². The zero-order chi connectivity index (χ0) is 26.0. The summed E-state index contributed by atoms with van der Waals surface area (Å²) in [6.45, 7) is 3.78. The third-order valence-electron chi connectivity index (χ3n) is 5.77. The van der Waals surface area contributed by atoms with Crippen molar-refractivity contribution in [2.24, 2.45) is 0 Å². The van der Waals surface area contributed by atoms with Crippen LogP contribution in [-0.2, 0) is 23.1 Å². The maximum atomic E-state index is 14.1. The van der Waals surface area contributed by atoms with Crippen LogP contribution < -0.4 is 4.74 Å². The average molecular weight is 538 g/mol. The number of allylic oxidation sites excluding steroid dienone is 2. The van der Waals surface area contributed by atoms with Crippen LogP contribution in [0.25, 0.3) is 10.6 Å². The molecule has 0 bridgehead atoms. The highest BCUT2D eigenvalue weighted by atomic mass is 32.2. The Bertz CT molecular complexity index is 1330. The minimum absolute atomic E-state index is 0.00444. The van der Waals surface area contributed by atoms with Crippen molar-refractivity contribution in [3.05, 3.63) is 75.2 Å². The molecule has 0 aliphatic carbocycles. The van der Waals surface area contributed by atoms with Gasteiger partial charge in [-0.15, -0.1) is 23.1 Å². The van der Waals surface area contributed by atoms with Gasteiger partial charge in [-0.05, 0) is 56.5 Å². The minimum atomic E-state index is -4.74. The minimum Gasteiger partial charge on any atom is -0.481 e. The van der Waals surface area contributed by atoms with Gasteiger partial charge in [0.2, 0.25) is 0 Å². The predicted octanol–water partition coefficient (Wildman–Crippen LogP) is 7.95. The van der Waals surface area contributed by atoms with Crippen LogP contribution in [0.4, 0.5) is 17.6 Å². The second kappa shape index (κ2) is 10.6. The molecule has 0 fully saturated rings. The SMILES string of the molecule is Cc1ccc(SCc2sc(-c3ccc(C(F)(F)F)c(F)c3)nc2C)c2c1OC(CCC(=O)O)=CCC2. The van der Waals surface area contributed by atoms with E-state index in [1.54, 1.807) is 11.8 Å². The lowest BCUT2D eigenvalue weighted by Crippen LogP contribution is -2.07. The number of carboxylic acid groups (broad SMARTS) is 1. The molecule has 190 valence electrons. The number of hydrogen-bond donors (Lipinski definition) is 1. The van der Waals surface area contributed by atoms with Crippen molar-refractivity contribution >= 4 is 29.1 Å². The molecular formula is C26H23F4NO3S2. The Labute approximate surface area is 214 Å². The number of alkyl halides is 3. The van der Waals surface area contributed by atoms with Gasteiger partial charge in [0.1, 0.15) is 22.3 Å². The number of aromatic nitrogens is 1.